The van der Waals surface area contributed by atoms with Crippen LogP contribution in [0.3, 0.4) is 0 Å². The summed E-state index contributed by atoms with van der Waals surface area (Å²) in [6.45, 7) is 0. The van der Waals surface area contributed by atoms with Gasteiger partial charge in [0, 0.05) is 17.7 Å². The van der Waals surface area contributed by atoms with Crippen LogP contribution in [0, 0.1) is 0 Å². The fourth-order valence-electron chi connectivity index (χ4n) is 2.68. The summed E-state index contributed by atoms with van der Waals surface area (Å²) >= 11 is 6.11. The minimum Gasteiger partial charge on any atom is -0.481 e. The van der Waals surface area contributed by atoms with E-state index in [0.717, 1.165) is 11.3 Å². The number of nitrogens with zero attached hydrogens (tertiary/aromatic N) is 1. The molecule has 0 saturated carbocycles. The van der Waals surface area contributed by atoms with Crippen molar-refractivity contribution in [1.29, 1.82) is 0 Å². The summed E-state index contributed by atoms with van der Waals surface area (Å²) in [5.41, 5.74) is 5.57. The van der Waals surface area contributed by atoms with Gasteiger partial charge in [-0.1, -0.05) is 54.1 Å². The minimum absolute atomic E-state index is 0.0276. The normalized spacial score (nSPS) is 10.5. The van der Waals surface area contributed by atoms with Gasteiger partial charge in [0.05, 0.1) is 22.7 Å². The molecule has 0 unspecified atom stereocenters. The number of hydrogen-bond acceptors (Lipinski definition) is 2. The van der Waals surface area contributed by atoms with Crippen molar-refractivity contribution >= 4 is 23.5 Å². The van der Waals surface area contributed by atoms with Crippen LogP contribution in [-0.4, -0.2) is 21.7 Å². The molecule has 6 heteroatoms. The summed E-state index contributed by atoms with van der Waals surface area (Å²) in [4.78, 5) is 23.6. The quantitative estimate of drug-likeness (QED) is 0.684. The van der Waals surface area contributed by atoms with E-state index in [1.807, 2.05) is 42.5 Å². The van der Waals surface area contributed by atoms with Gasteiger partial charge in [-0.25, -0.2) is 0 Å². The highest BCUT2D eigenvalue weighted by molar-refractivity contribution is 6.34. The van der Waals surface area contributed by atoms with E-state index in [-0.39, 0.29) is 12.3 Å². The van der Waals surface area contributed by atoms with Crippen molar-refractivity contribution in [3.8, 4) is 11.3 Å². The van der Waals surface area contributed by atoms with Crippen LogP contribution < -0.4 is 5.43 Å². The number of rotatable bonds is 6. The highest BCUT2D eigenvalue weighted by Crippen LogP contribution is 2.23. The summed E-state index contributed by atoms with van der Waals surface area (Å²) in [6, 6.07) is 20.0. The van der Waals surface area contributed by atoms with E-state index < -0.39 is 5.97 Å². The molecular formula is C20H17ClN2O3. The highest BCUT2D eigenvalue weighted by atomic mass is 35.5. The monoisotopic (exact) mass is 368 g/mol. The Morgan fingerprint density at radius 1 is 0.962 bits per heavy atom. The maximum absolute atomic E-state index is 12.7. The van der Waals surface area contributed by atoms with Crippen molar-refractivity contribution in [3.05, 3.63) is 83.0 Å². The number of nitrogens with one attached hydrogen (secondary N) is 1. The van der Waals surface area contributed by atoms with Gasteiger partial charge in [0.2, 0.25) is 0 Å². The molecule has 26 heavy (non-hydrogen) atoms. The molecule has 0 aliphatic carbocycles. The third kappa shape index (κ3) is 3.95. The van der Waals surface area contributed by atoms with E-state index in [4.69, 9.17) is 16.7 Å². The number of carbonyl (C=O) groups excluding carboxylic acids is 1. The number of carboxylic acids is 1. The number of amides is 1. The van der Waals surface area contributed by atoms with Gasteiger partial charge in [-0.15, -0.1) is 0 Å². The summed E-state index contributed by atoms with van der Waals surface area (Å²) < 4.78 is 1.63. The van der Waals surface area contributed by atoms with Gasteiger partial charge in [0.15, 0.2) is 0 Å². The van der Waals surface area contributed by atoms with Gasteiger partial charge in [-0.3, -0.25) is 19.7 Å². The van der Waals surface area contributed by atoms with Gasteiger partial charge < -0.3 is 5.11 Å². The predicted molar refractivity (Wildman–Crippen MR) is 101 cm³/mol. The van der Waals surface area contributed by atoms with Crippen LogP contribution in [0.5, 0.6) is 0 Å². The van der Waals surface area contributed by atoms with E-state index >= 15 is 0 Å². The first-order valence-electron chi connectivity index (χ1n) is 8.10. The zero-order chi connectivity index (χ0) is 18.5. The molecule has 5 nitrogen and oxygen atoms in total. The molecule has 2 N–H and O–H groups in total. The molecule has 0 bridgehead atoms. The van der Waals surface area contributed by atoms with E-state index in [1.165, 1.54) is 0 Å². The Morgan fingerprint density at radius 3 is 2.35 bits per heavy atom. The molecule has 0 aliphatic heterocycles. The largest absolute Gasteiger partial charge is 0.481 e. The summed E-state index contributed by atoms with van der Waals surface area (Å²) in [7, 11) is 0. The van der Waals surface area contributed by atoms with E-state index in [2.05, 4.69) is 5.43 Å². The number of benzene rings is 2. The molecule has 0 fully saturated rings. The van der Waals surface area contributed by atoms with Gasteiger partial charge in [0.1, 0.15) is 0 Å². The number of aliphatic carboxylic acids is 1. The molecule has 0 spiro atoms. The molecule has 1 heterocycles. The average molecular weight is 369 g/mol. The summed E-state index contributed by atoms with van der Waals surface area (Å²) in [6.07, 6.45) is 0.269. The number of aryl methyl sites for hydroxylation is 1. The smallest absolute Gasteiger partial charge is 0.303 e. The fraction of sp³-hybridized carbons (Fsp3) is 0.100. The lowest BCUT2D eigenvalue weighted by Gasteiger charge is -2.15. The molecule has 0 radical (unpaired) electrons. The Kier molecular flexibility index (Phi) is 5.39. The first-order valence-corrected chi connectivity index (χ1v) is 8.48. The molecule has 1 aromatic heterocycles. The molecule has 3 aromatic rings. The Balaban J connectivity index is 1.97. The van der Waals surface area contributed by atoms with Crippen molar-refractivity contribution in [2.24, 2.45) is 0 Å². The second-order valence-electron chi connectivity index (χ2n) is 5.73. The average Bonchev–Trinajstić information content (AvgIpc) is 3.03. The summed E-state index contributed by atoms with van der Waals surface area (Å²) in [5.74, 6) is -1.25. The van der Waals surface area contributed by atoms with E-state index in [1.54, 1.807) is 28.9 Å². The van der Waals surface area contributed by atoms with Gasteiger partial charge in [-0.05, 0) is 24.3 Å². The Labute approximate surface area is 155 Å². The number of carboxylic acid groups (broad SMARTS) is 1. The Bertz CT molecular complexity index is 935. The first-order chi connectivity index (χ1) is 12.6. The zero-order valence-corrected chi connectivity index (χ0v) is 14.6. The number of halogens is 1. The molecule has 1 amide bonds. The Hall–Kier alpha value is -3.05. The van der Waals surface area contributed by atoms with Crippen molar-refractivity contribution in [2.45, 2.75) is 12.8 Å². The van der Waals surface area contributed by atoms with Gasteiger partial charge in [-0.2, -0.15) is 0 Å². The third-order valence-electron chi connectivity index (χ3n) is 3.96. The maximum atomic E-state index is 12.7. The van der Waals surface area contributed by atoms with Crippen LogP contribution >= 0.6 is 11.6 Å². The van der Waals surface area contributed by atoms with Crippen LogP contribution in [0.4, 0.5) is 0 Å². The standard InChI is InChI=1S/C20H17ClN2O3/c21-17-9-5-4-8-16(17)20(26)22-23-15(11-13-19(24)25)10-12-18(23)14-6-2-1-3-7-14/h1-10,12H,11,13H2,(H,22,26)(H,24,25). The summed E-state index contributed by atoms with van der Waals surface area (Å²) in [5, 5.41) is 9.32. The molecule has 0 saturated heterocycles. The van der Waals surface area contributed by atoms with E-state index in [9.17, 15) is 9.59 Å². The molecule has 3 rings (SSSR count). The maximum Gasteiger partial charge on any atom is 0.303 e. The number of hydrogen-bond donors (Lipinski definition) is 2. The van der Waals surface area contributed by atoms with Gasteiger partial charge in [0.25, 0.3) is 5.91 Å². The second kappa shape index (κ2) is 7.89. The molecule has 0 atom stereocenters. The zero-order valence-electron chi connectivity index (χ0n) is 13.9. The van der Waals surface area contributed by atoms with Crippen LogP contribution in [0.2, 0.25) is 5.02 Å². The third-order valence-corrected chi connectivity index (χ3v) is 4.29. The lowest BCUT2D eigenvalue weighted by atomic mass is 10.2. The highest BCUT2D eigenvalue weighted by Gasteiger charge is 2.16. The Morgan fingerprint density at radius 2 is 1.65 bits per heavy atom. The topological polar surface area (TPSA) is 71.3 Å². The van der Waals surface area contributed by atoms with Crippen LogP contribution in [0.15, 0.2) is 66.7 Å². The minimum atomic E-state index is -0.892. The molecule has 132 valence electrons. The molecular weight excluding hydrogens is 352 g/mol. The van der Waals surface area contributed by atoms with Crippen molar-refractivity contribution in [1.82, 2.24) is 4.68 Å². The first kappa shape index (κ1) is 17.8. The second-order valence-corrected chi connectivity index (χ2v) is 6.13. The van der Waals surface area contributed by atoms with Crippen LogP contribution in [-0.2, 0) is 11.2 Å². The molecule has 2 aromatic carbocycles. The molecule has 0 aliphatic rings. The van der Waals surface area contributed by atoms with Crippen molar-refractivity contribution in [3.63, 3.8) is 0 Å². The van der Waals surface area contributed by atoms with Crippen LogP contribution in [0.25, 0.3) is 11.3 Å². The SMILES string of the molecule is O=C(O)CCc1ccc(-c2ccccc2)n1NC(=O)c1ccccc1Cl. The van der Waals surface area contributed by atoms with Crippen molar-refractivity contribution < 1.29 is 14.7 Å². The lowest BCUT2D eigenvalue weighted by molar-refractivity contribution is -0.136. The number of aromatic nitrogens is 1. The van der Waals surface area contributed by atoms with Crippen LogP contribution in [0.1, 0.15) is 22.5 Å². The van der Waals surface area contributed by atoms with E-state index in [0.29, 0.717) is 22.7 Å². The number of carbonyl (C=O) groups is 2. The van der Waals surface area contributed by atoms with Gasteiger partial charge >= 0.3 is 5.97 Å². The fourth-order valence-corrected chi connectivity index (χ4v) is 2.90. The lowest BCUT2D eigenvalue weighted by Crippen LogP contribution is -2.25. The predicted octanol–water partition coefficient (Wildman–Crippen LogP) is 4.21. The van der Waals surface area contributed by atoms with Crippen molar-refractivity contribution in [2.75, 3.05) is 5.43 Å².